The van der Waals surface area contributed by atoms with E-state index in [2.05, 4.69) is 40.0 Å². The van der Waals surface area contributed by atoms with E-state index in [4.69, 9.17) is 0 Å². The van der Waals surface area contributed by atoms with E-state index in [0.29, 0.717) is 18.0 Å². The Bertz CT molecular complexity index is 655. The van der Waals surface area contributed by atoms with Gasteiger partial charge in [-0.05, 0) is 53.2 Å². The van der Waals surface area contributed by atoms with Crippen molar-refractivity contribution in [1.82, 2.24) is 9.88 Å². The highest BCUT2D eigenvalue weighted by atomic mass is 79.9. The molecule has 3 rings (SSSR count). The van der Waals surface area contributed by atoms with Crippen LogP contribution in [-0.2, 0) is 6.54 Å². The first-order chi connectivity index (χ1) is 10.6. The molecular weight excluding hydrogens is 340 g/mol. The molecule has 0 bridgehead atoms. The lowest BCUT2D eigenvalue weighted by molar-refractivity contribution is 0.0654. The first-order valence-corrected chi connectivity index (χ1v) is 8.40. The number of amides is 1. The van der Waals surface area contributed by atoms with E-state index in [0.717, 1.165) is 10.0 Å². The molecule has 1 aromatic carbocycles. The zero-order valence-electron chi connectivity index (χ0n) is 12.6. The number of hydrogen-bond acceptors (Lipinski definition) is 2. The fourth-order valence-electron chi connectivity index (χ4n) is 2.71. The summed E-state index contributed by atoms with van der Waals surface area (Å²) in [6, 6.07) is 12.3. The van der Waals surface area contributed by atoms with Gasteiger partial charge in [-0.25, -0.2) is 0 Å². The summed E-state index contributed by atoms with van der Waals surface area (Å²) < 4.78 is 0.831. The molecule has 1 amide bonds. The van der Waals surface area contributed by atoms with Gasteiger partial charge in [0.15, 0.2) is 0 Å². The number of benzene rings is 1. The number of carbonyl (C=O) groups excluding carboxylic acids is 1. The Morgan fingerprint density at radius 2 is 2.05 bits per heavy atom. The summed E-state index contributed by atoms with van der Waals surface area (Å²) in [4.78, 5) is 19.0. The zero-order valence-corrected chi connectivity index (χ0v) is 14.2. The monoisotopic (exact) mass is 358 g/mol. The topological polar surface area (TPSA) is 33.2 Å². The van der Waals surface area contributed by atoms with E-state index in [1.165, 1.54) is 12.8 Å². The van der Waals surface area contributed by atoms with Crippen molar-refractivity contribution in [2.45, 2.75) is 32.4 Å². The molecule has 1 saturated carbocycles. The third kappa shape index (κ3) is 3.55. The molecule has 0 N–H and O–H groups in total. The molecule has 3 nitrogen and oxygen atoms in total. The molecule has 1 aliphatic carbocycles. The number of carbonyl (C=O) groups is 1. The van der Waals surface area contributed by atoms with Crippen LogP contribution in [0.2, 0.25) is 0 Å². The summed E-state index contributed by atoms with van der Waals surface area (Å²) in [6.45, 7) is 2.80. The van der Waals surface area contributed by atoms with Crippen LogP contribution in [-0.4, -0.2) is 21.8 Å². The molecule has 1 aromatic heterocycles. The van der Waals surface area contributed by atoms with Gasteiger partial charge in [0.1, 0.15) is 0 Å². The van der Waals surface area contributed by atoms with Gasteiger partial charge in [0.2, 0.25) is 0 Å². The average Bonchev–Trinajstić information content (AvgIpc) is 3.37. The maximum Gasteiger partial charge on any atom is 0.256 e. The molecule has 0 saturated heterocycles. The highest BCUT2D eigenvalue weighted by Crippen LogP contribution is 2.36. The third-order valence-electron chi connectivity index (χ3n) is 4.20. The smallest absolute Gasteiger partial charge is 0.256 e. The SMILES string of the molecule is CC(C1CC1)N(Cc1ccccc1)C(=O)c1cncc(Br)c1. The van der Waals surface area contributed by atoms with E-state index >= 15 is 0 Å². The Morgan fingerprint density at radius 3 is 2.68 bits per heavy atom. The van der Waals surface area contributed by atoms with Crippen molar-refractivity contribution >= 4 is 21.8 Å². The number of aromatic nitrogens is 1. The lowest BCUT2D eigenvalue weighted by atomic mass is 10.1. The number of halogens is 1. The minimum Gasteiger partial charge on any atom is -0.331 e. The van der Waals surface area contributed by atoms with Crippen LogP contribution in [0.4, 0.5) is 0 Å². The summed E-state index contributed by atoms with van der Waals surface area (Å²) in [5.74, 6) is 0.685. The lowest BCUT2D eigenvalue weighted by Gasteiger charge is -2.29. The molecule has 4 heteroatoms. The van der Waals surface area contributed by atoms with Crippen LogP contribution in [0.5, 0.6) is 0 Å². The summed E-state index contributed by atoms with van der Waals surface area (Å²) >= 11 is 3.39. The van der Waals surface area contributed by atoms with E-state index in [1.54, 1.807) is 12.4 Å². The molecule has 0 aliphatic heterocycles. The molecule has 114 valence electrons. The number of nitrogens with zero attached hydrogens (tertiary/aromatic N) is 2. The van der Waals surface area contributed by atoms with E-state index < -0.39 is 0 Å². The van der Waals surface area contributed by atoms with Gasteiger partial charge in [0.25, 0.3) is 5.91 Å². The third-order valence-corrected chi connectivity index (χ3v) is 4.64. The minimum atomic E-state index is 0.0528. The number of rotatable bonds is 5. The molecule has 1 atom stereocenters. The van der Waals surface area contributed by atoms with Gasteiger partial charge >= 0.3 is 0 Å². The van der Waals surface area contributed by atoms with E-state index in [-0.39, 0.29) is 11.9 Å². The zero-order chi connectivity index (χ0) is 15.5. The highest BCUT2D eigenvalue weighted by Gasteiger charge is 2.34. The summed E-state index contributed by atoms with van der Waals surface area (Å²) in [7, 11) is 0. The van der Waals surface area contributed by atoms with Gasteiger partial charge in [-0.15, -0.1) is 0 Å². The van der Waals surface area contributed by atoms with Crippen LogP contribution in [0.15, 0.2) is 53.3 Å². The number of pyridine rings is 1. The Kier molecular flexibility index (Phi) is 4.57. The van der Waals surface area contributed by atoms with Crippen LogP contribution < -0.4 is 0 Å². The standard InChI is InChI=1S/C18H19BrN2O/c1-13(15-7-8-15)21(12-14-5-3-2-4-6-14)18(22)16-9-17(19)11-20-10-16/h2-6,9-11,13,15H,7-8,12H2,1H3. The number of hydrogen-bond donors (Lipinski definition) is 0. The molecular formula is C18H19BrN2O. The van der Waals surface area contributed by atoms with Gasteiger partial charge < -0.3 is 4.90 Å². The van der Waals surface area contributed by atoms with Crippen molar-refractivity contribution in [2.75, 3.05) is 0 Å². The largest absolute Gasteiger partial charge is 0.331 e. The van der Waals surface area contributed by atoms with Gasteiger partial charge in [0, 0.05) is 29.5 Å². The van der Waals surface area contributed by atoms with Crippen LogP contribution in [0.25, 0.3) is 0 Å². The quantitative estimate of drug-likeness (QED) is 0.798. The highest BCUT2D eigenvalue weighted by molar-refractivity contribution is 9.10. The van der Waals surface area contributed by atoms with Crippen molar-refractivity contribution in [1.29, 1.82) is 0 Å². The summed E-state index contributed by atoms with van der Waals surface area (Å²) in [5.41, 5.74) is 1.80. The van der Waals surface area contributed by atoms with Gasteiger partial charge in [0.05, 0.1) is 5.56 Å². The van der Waals surface area contributed by atoms with Crippen LogP contribution in [0, 0.1) is 5.92 Å². The predicted molar refractivity (Wildman–Crippen MR) is 90.4 cm³/mol. The summed E-state index contributed by atoms with van der Waals surface area (Å²) in [5, 5.41) is 0. The lowest BCUT2D eigenvalue weighted by Crippen LogP contribution is -2.39. The van der Waals surface area contributed by atoms with Crippen molar-refractivity contribution < 1.29 is 4.79 Å². The second-order valence-electron chi connectivity index (χ2n) is 5.89. The molecule has 1 heterocycles. The van der Waals surface area contributed by atoms with Crippen molar-refractivity contribution in [2.24, 2.45) is 5.92 Å². The summed E-state index contributed by atoms with van der Waals surface area (Å²) in [6.07, 6.45) is 5.78. The Labute approximate surface area is 139 Å². The second-order valence-corrected chi connectivity index (χ2v) is 6.80. The predicted octanol–water partition coefficient (Wildman–Crippen LogP) is 4.29. The van der Waals surface area contributed by atoms with Gasteiger partial charge in [-0.3, -0.25) is 9.78 Å². The van der Waals surface area contributed by atoms with Crippen LogP contribution in [0.1, 0.15) is 35.7 Å². The van der Waals surface area contributed by atoms with Crippen LogP contribution in [0.3, 0.4) is 0 Å². The van der Waals surface area contributed by atoms with Gasteiger partial charge in [-0.1, -0.05) is 30.3 Å². The van der Waals surface area contributed by atoms with Gasteiger partial charge in [-0.2, -0.15) is 0 Å². The molecule has 22 heavy (non-hydrogen) atoms. The molecule has 1 fully saturated rings. The van der Waals surface area contributed by atoms with E-state index in [1.807, 2.05) is 29.2 Å². The fraction of sp³-hybridized carbons (Fsp3) is 0.333. The van der Waals surface area contributed by atoms with Crippen molar-refractivity contribution in [3.63, 3.8) is 0 Å². The van der Waals surface area contributed by atoms with E-state index in [9.17, 15) is 4.79 Å². The molecule has 1 aliphatic rings. The normalized spacial score (nSPS) is 15.4. The Balaban J connectivity index is 1.85. The maximum atomic E-state index is 12.9. The van der Waals surface area contributed by atoms with Crippen molar-refractivity contribution in [3.05, 3.63) is 64.4 Å². The minimum absolute atomic E-state index is 0.0528. The fourth-order valence-corrected chi connectivity index (χ4v) is 3.07. The molecule has 0 spiro atoms. The Morgan fingerprint density at radius 1 is 1.32 bits per heavy atom. The van der Waals surface area contributed by atoms with Crippen LogP contribution >= 0.6 is 15.9 Å². The maximum absolute atomic E-state index is 12.9. The Hall–Kier alpha value is -1.68. The molecule has 2 aromatic rings. The molecule has 1 unspecified atom stereocenters. The van der Waals surface area contributed by atoms with Crippen molar-refractivity contribution in [3.8, 4) is 0 Å². The first kappa shape index (κ1) is 15.2. The first-order valence-electron chi connectivity index (χ1n) is 7.60. The molecule has 0 radical (unpaired) electrons. The average molecular weight is 359 g/mol. The second kappa shape index (κ2) is 6.61.